The van der Waals surface area contributed by atoms with Crippen molar-refractivity contribution in [1.82, 2.24) is 19.8 Å². The Kier molecular flexibility index (Phi) is 4.48. The topological polar surface area (TPSA) is 63.3 Å². The number of aryl methyl sites for hydroxylation is 1. The lowest BCUT2D eigenvalue weighted by Crippen LogP contribution is -2.39. The molecule has 4 rings (SSSR count). The molecule has 6 nitrogen and oxygen atoms in total. The largest absolute Gasteiger partial charge is 0.439 e. The summed E-state index contributed by atoms with van der Waals surface area (Å²) >= 11 is 0. The lowest BCUT2D eigenvalue weighted by molar-refractivity contribution is 0.190. The lowest BCUT2D eigenvalue weighted by atomic mass is 10.1. The zero-order valence-electron chi connectivity index (χ0n) is 14.8. The van der Waals surface area contributed by atoms with E-state index in [-0.39, 0.29) is 18.6 Å². The van der Waals surface area contributed by atoms with Crippen molar-refractivity contribution in [2.45, 2.75) is 25.4 Å². The summed E-state index contributed by atoms with van der Waals surface area (Å²) in [5.74, 6) is 1.21. The fraction of sp³-hybridized carbons (Fsp3) is 0.300. The van der Waals surface area contributed by atoms with Crippen molar-refractivity contribution >= 4 is 6.03 Å². The number of nitrogens with one attached hydrogen (secondary N) is 1. The van der Waals surface area contributed by atoms with E-state index in [0.717, 1.165) is 24.9 Å². The van der Waals surface area contributed by atoms with E-state index in [0.29, 0.717) is 11.7 Å². The van der Waals surface area contributed by atoms with Crippen LogP contribution in [0.1, 0.15) is 30.5 Å². The van der Waals surface area contributed by atoms with Gasteiger partial charge in [0.15, 0.2) is 5.76 Å². The number of benzene rings is 1. The number of aromatic nitrogens is 2. The summed E-state index contributed by atoms with van der Waals surface area (Å²) in [6.07, 6.45) is 5.71. The fourth-order valence-electron chi connectivity index (χ4n) is 3.52. The third-order valence-electron chi connectivity index (χ3n) is 4.84. The minimum absolute atomic E-state index is 0.0758. The predicted molar refractivity (Wildman–Crippen MR) is 98.3 cm³/mol. The van der Waals surface area contributed by atoms with Gasteiger partial charge in [-0.2, -0.15) is 0 Å². The highest BCUT2D eigenvalue weighted by Gasteiger charge is 2.31. The van der Waals surface area contributed by atoms with Crippen molar-refractivity contribution in [3.05, 3.63) is 66.4 Å². The van der Waals surface area contributed by atoms with Gasteiger partial charge in [-0.25, -0.2) is 9.78 Å². The number of nitrogens with zero attached hydrogens (tertiary/aromatic N) is 3. The Balaban J connectivity index is 1.40. The Morgan fingerprint density at radius 3 is 2.88 bits per heavy atom. The van der Waals surface area contributed by atoms with Crippen LogP contribution in [-0.2, 0) is 13.6 Å². The molecule has 1 aliphatic rings. The summed E-state index contributed by atoms with van der Waals surface area (Å²) in [5.41, 5.74) is 2.14. The first-order valence-electron chi connectivity index (χ1n) is 8.88. The van der Waals surface area contributed by atoms with Crippen LogP contribution >= 0.6 is 0 Å². The highest BCUT2D eigenvalue weighted by Crippen LogP contribution is 2.31. The summed E-state index contributed by atoms with van der Waals surface area (Å²) in [4.78, 5) is 18.8. The summed E-state index contributed by atoms with van der Waals surface area (Å²) in [6, 6.07) is 14.0. The van der Waals surface area contributed by atoms with E-state index < -0.39 is 0 Å². The summed E-state index contributed by atoms with van der Waals surface area (Å²) < 4.78 is 7.83. The Morgan fingerprint density at radius 1 is 1.27 bits per heavy atom. The zero-order valence-corrected chi connectivity index (χ0v) is 14.8. The first-order valence-corrected chi connectivity index (χ1v) is 8.88. The molecule has 0 saturated carbocycles. The van der Waals surface area contributed by atoms with Gasteiger partial charge in [-0.3, -0.25) is 0 Å². The van der Waals surface area contributed by atoms with Gasteiger partial charge in [0.1, 0.15) is 0 Å². The maximum atomic E-state index is 12.6. The Morgan fingerprint density at radius 2 is 2.12 bits per heavy atom. The lowest BCUT2D eigenvalue weighted by Gasteiger charge is -2.25. The van der Waals surface area contributed by atoms with Gasteiger partial charge in [0.25, 0.3) is 0 Å². The van der Waals surface area contributed by atoms with Gasteiger partial charge in [0.05, 0.1) is 18.8 Å². The Bertz CT molecular complexity index is 884. The molecule has 1 N–H and O–H groups in total. The van der Waals surface area contributed by atoms with Crippen LogP contribution in [0.2, 0.25) is 0 Å². The van der Waals surface area contributed by atoms with E-state index in [4.69, 9.17) is 4.42 Å². The third-order valence-corrected chi connectivity index (χ3v) is 4.84. The van der Waals surface area contributed by atoms with Crippen LogP contribution in [-0.4, -0.2) is 27.0 Å². The molecular weight excluding hydrogens is 328 g/mol. The van der Waals surface area contributed by atoms with Crippen molar-refractivity contribution in [2.75, 3.05) is 6.54 Å². The summed E-state index contributed by atoms with van der Waals surface area (Å²) in [5, 5.41) is 2.94. The molecule has 0 bridgehead atoms. The van der Waals surface area contributed by atoms with E-state index in [1.54, 1.807) is 6.20 Å². The maximum Gasteiger partial charge on any atom is 0.318 e. The van der Waals surface area contributed by atoms with E-state index >= 15 is 0 Å². The maximum absolute atomic E-state index is 12.6. The van der Waals surface area contributed by atoms with E-state index in [9.17, 15) is 4.79 Å². The van der Waals surface area contributed by atoms with Crippen molar-refractivity contribution in [1.29, 1.82) is 0 Å². The van der Waals surface area contributed by atoms with Crippen LogP contribution < -0.4 is 5.32 Å². The van der Waals surface area contributed by atoms with Crippen LogP contribution in [0.3, 0.4) is 0 Å². The minimum Gasteiger partial charge on any atom is -0.439 e. The smallest absolute Gasteiger partial charge is 0.318 e. The number of carbonyl (C=O) groups excluding carboxylic acids is 1. The number of likely N-dealkylation sites (tertiary alicyclic amines) is 1. The first-order chi connectivity index (χ1) is 12.7. The van der Waals surface area contributed by atoms with E-state index in [1.807, 2.05) is 54.5 Å². The molecular formula is C20H22N4O2. The molecule has 1 aromatic carbocycles. The molecule has 6 heteroatoms. The summed E-state index contributed by atoms with van der Waals surface area (Å²) in [7, 11) is 2.02. The van der Waals surface area contributed by atoms with Gasteiger partial charge in [-0.1, -0.05) is 30.3 Å². The molecule has 134 valence electrons. The average molecular weight is 350 g/mol. The Hall–Kier alpha value is -3.02. The van der Waals surface area contributed by atoms with Crippen molar-refractivity contribution in [3.63, 3.8) is 0 Å². The van der Waals surface area contributed by atoms with Crippen molar-refractivity contribution in [2.24, 2.45) is 7.05 Å². The average Bonchev–Trinajstić information content (AvgIpc) is 3.40. The van der Waals surface area contributed by atoms with Crippen LogP contribution in [0, 0.1) is 0 Å². The second kappa shape index (κ2) is 7.07. The molecule has 3 aromatic rings. The number of carbonyl (C=O) groups is 1. The van der Waals surface area contributed by atoms with Crippen LogP contribution in [0.5, 0.6) is 0 Å². The number of hydrogen-bond acceptors (Lipinski definition) is 3. The number of amides is 2. The highest BCUT2D eigenvalue weighted by atomic mass is 16.4. The second-order valence-corrected chi connectivity index (χ2v) is 6.54. The third kappa shape index (κ3) is 3.22. The molecule has 1 saturated heterocycles. The number of hydrogen-bond donors (Lipinski definition) is 1. The second-order valence-electron chi connectivity index (χ2n) is 6.54. The first kappa shape index (κ1) is 16.4. The van der Waals surface area contributed by atoms with Gasteiger partial charge in [0, 0.05) is 31.0 Å². The van der Waals surface area contributed by atoms with Crippen LogP contribution in [0.4, 0.5) is 4.79 Å². The van der Waals surface area contributed by atoms with Gasteiger partial charge >= 0.3 is 6.03 Å². The van der Waals surface area contributed by atoms with E-state index in [1.165, 1.54) is 5.69 Å². The zero-order chi connectivity index (χ0) is 17.9. The van der Waals surface area contributed by atoms with Gasteiger partial charge in [-0.15, -0.1) is 0 Å². The predicted octanol–water partition coefficient (Wildman–Crippen LogP) is 3.73. The Labute approximate surface area is 152 Å². The van der Waals surface area contributed by atoms with Crippen LogP contribution in [0.15, 0.2) is 59.3 Å². The van der Waals surface area contributed by atoms with E-state index in [2.05, 4.69) is 20.9 Å². The molecule has 0 radical (unpaired) electrons. The number of oxazole rings is 1. The molecule has 2 amide bonds. The molecule has 1 fully saturated rings. The monoisotopic (exact) mass is 350 g/mol. The normalized spacial score (nSPS) is 16.8. The molecule has 0 spiro atoms. The molecule has 0 unspecified atom stereocenters. The molecule has 3 heterocycles. The van der Waals surface area contributed by atoms with Gasteiger partial charge in [0.2, 0.25) is 5.89 Å². The molecule has 1 atom stereocenters. The van der Waals surface area contributed by atoms with Crippen LogP contribution in [0.25, 0.3) is 11.3 Å². The quantitative estimate of drug-likeness (QED) is 0.780. The SMILES string of the molecule is Cn1cccc1[C@@H]1CCCN1C(=O)NCc1ncc(-c2ccccc2)o1. The molecule has 26 heavy (non-hydrogen) atoms. The minimum atomic E-state index is -0.0758. The molecule has 2 aromatic heterocycles. The number of urea groups is 1. The van der Waals surface area contributed by atoms with Gasteiger partial charge < -0.3 is 19.2 Å². The molecule has 1 aliphatic heterocycles. The standard InChI is InChI=1S/C20H22N4O2/c1-23-11-5-9-16(23)17-10-6-12-24(17)20(25)22-14-19-21-13-18(26-19)15-7-3-2-4-8-15/h2-5,7-9,11,13,17H,6,10,12,14H2,1H3,(H,22,25)/t17-/m0/s1. The molecule has 0 aliphatic carbocycles. The summed E-state index contributed by atoms with van der Waals surface area (Å²) in [6.45, 7) is 1.05. The van der Waals surface area contributed by atoms with Gasteiger partial charge in [-0.05, 0) is 25.0 Å². The highest BCUT2D eigenvalue weighted by molar-refractivity contribution is 5.75. The number of rotatable bonds is 4. The fourth-order valence-corrected chi connectivity index (χ4v) is 3.52. The van der Waals surface area contributed by atoms with Crippen molar-refractivity contribution in [3.8, 4) is 11.3 Å². The van der Waals surface area contributed by atoms with Crippen molar-refractivity contribution < 1.29 is 9.21 Å².